The van der Waals surface area contributed by atoms with Gasteiger partial charge in [0, 0.05) is 23.7 Å². The van der Waals surface area contributed by atoms with E-state index in [4.69, 9.17) is 0 Å². The van der Waals surface area contributed by atoms with Crippen LogP contribution in [-0.4, -0.2) is 12.3 Å². The van der Waals surface area contributed by atoms with Crippen LogP contribution in [0, 0.1) is 0 Å². The molecule has 3 heteroatoms. The van der Waals surface area contributed by atoms with Gasteiger partial charge < -0.3 is 4.90 Å². The van der Waals surface area contributed by atoms with Crippen molar-refractivity contribution in [2.75, 3.05) is 21.5 Å². The minimum absolute atomic E-state index is 1.10. The van der Waals surface area contributed by atoms with Crippen molar-refractivity contribution in [1.29, 1.82) is 0 Å². The van der Waals surface area contributed by atoms with Crippen LogP contribution in [0.15, 0.2) is 121 Å². The monoisotopic (exact) mass is 622 g/mol. The zero-order chi connectivity index (χ0) is 31.6. The van der Waals surface area contributed by atoms with E-state index in [0.717, 1.165) is 6.54 Å². The lowest BCUT2D eigenvalue weighted by atomic mass is 10.1. The molecule has 0 aromatic heterocycles. The first kappa shape index (κ1) is 36.3. The number of hydrogen-bond acceptors (Lipinski definition) is 3. The molecular weight excluding hydrogens is 565 g/mol. The molecule has 0 N–H and O–H groups in total. The van der Waals surface area contributed by atoms with Crippen LogP contribution < -0.4 is 9.21 Å². The summed E-state index contributed by atoms with van der Waals surface area (Å²) in [7, 11) is 0. The Kier molecular flexibility index (Phi) is 19.5. The van der Waals surface area contributed by atoms with E-state index in [-0.39, 0.29) is 0 Å². The van der Waals surface area contributed by atoms with Crippen LogP contribution in [0.5, 0.6) is 0 Å². The molecule has 0 heterocycles. The zero-order valence-corrected chi connectivity index (χ0v) is 29.0. The van der Waals surface area contributed by atoms with Crippen molar-refractivity contribution in [1.82, 2.24) is 0 Å². The first-order chi connectivity index (χ1) is 22.3. The predicted molar refractivity (Wildman–Crippen MR) is 203 cm³/mol. The molecular formula is C42H58N2S. The molecule has 0 amide bonds. The lowest BCUT2D eigenvalue weighted by Crippen LogP contribution is -2.18. The highest BCUT2D eigenvalue weighted by molar-refractivity contribution is 8.00. The highest BCUT2D eigenvalue weighted by Crippen LogP contribution is 2.32. The van der Waals surface area contributed by atoms with Crippen LogP contribution in [0.3, 0.4) is 0 Å². The Morgan fingerprint density at radius 2 is 0.711 bits per heavy atom. The van der Waals surface area contributed by atoms with Crippen molar-refractivity contribution < 1.29 is 0 Å². The molecule has 2 nitrogen and oxygen atoms in total. The van der Waals surface area contributed by atoms with Crippen LogP contribution in [0.2, 0.25) is 0 Å². The van der Waals surface area contributed by atoms with Crippen molar-refractivity contribution in [2.24, 2.45) is 0 Å². The first-order valence-electron chi connectivity index (χ1n) is 17.7. The van der Waals surface area contributed by atoms with Gasteiger partial charge in [0.05, 0.1) is 11.4 Å². The number of para-hydroxylation sites is 4. The summed E-state index contributed by atoms with van der Waals surface area (Å²) in [6, 6.07) is 42.8. The van der Waals surface area contributed by atoms with E-state index in [2.05, 4.69) is 144 Å². The van der Waals surface area contributed by atoms with E-state index >= 15 is 0 Å². The molecule has 0 fully saturated rings. The average molecular weight is 623 g/mol. The van der Waals surface area contributed by atoms with Gasteiger partial charge >= 0.3 is 0 Å². The molecule has 0 radical (unpaired) electrons. The molecule has 0 bridgehead atoms. The number of hydrogen-bond donors (Lipinski definition) is 0. The number of nitrogens with zero attached hydrogens (tertiary/aromatic N) is 2. The van der Waals surface area contributed by atoms with Crippen LogP contribution in [0.25, 0.3) is 0 Å². The Labute approximate surface area is 280 Å². The topological polar surface area (TPSA) is 6.48 Å². The van der Waals surface area contributed by atoms with E-state index in [1.165, 1.54) is 118 Å². The van der Waals surface area contributed by atoms with E-state index < -0.39 is 0 Å². The van der Waals surface area contributed by atoms with Crippen LogP contribution in [0.4, 0.5) is 22.7 Å². The molecule has 0 unspecified atom stereocenters. The normalized spacial score (nSPS) is 10.6. The Hall–Kier alpha value is -3.17. The summed E-state index contributed by atoms with van der Waals surface area (Å²) in [5.74, 6) is 1.18. The highest BCUT2D eigenvalue weighted by Gasteiger charge is 2.10. The molecule has 0 atom stereocenters. The van der Waals surface area contributed by atoms with E-state index in [1.807, 2.05) is 11.9 Å². The third kappa shape index (κ3) is 15.1. The largest absolute Gasteiger partial charge is 0.341 e. The van der Waals surface area contributed by atoms with Gasteiger partial charge in [-0.3, -0.25) is 4.31 Å². The summed E-state index contributed by atoms with van der Waals surface area (Å²) in [4.78, 5) is 2.44. The predicted octanol–water partition coefficient (Wildman–Crippen LogP) is 13.8. The van der Waals surface area contributed by atoms with Crippen LogP contribution in [-0.2, 0) is 0 Å². The molecule has 4 aromatic rings. The van der Waals surface area contributed by atoms with Gasteiger partial charge in [0.25, 0.3) is 0 Å². The fourth-order valence-corrected chi connectivity index (χ4v) is 6.55. The number of anilines is 4. The second kappa shape index (κ2) is 24.1. The number of rotatable bonds is 21. The molecule has 242 valence electrons. The Balaban J connectivity index is 0.000000246. The zero-order valence-electron chi connectivity index (χ0n) is 28.2. The molecule has 0 spiro atoms. The lowest BCUT2D eigenvalue weighted by Gasteiger charge is -2.25. The maximum atomic E-state index is 2.44. The van der Waals surface area contributed by atoms with Gasteiger partial charge in [0.1, 0.15) is 0 Å². The Morgan fingerprint density at radius 3 is 1.11 bits per heavy atom. The standard InChI is InChI=1S/C21H29NS.C21H29N/c1-2-3-4-5-6-7-14-19-23-22(20-15-10-8-11-16-20)21-17-12-9-13-18-21;1-2-3-4-5-6-7-14-19-22(20-15-10-8-11-16-20)21-17-12-9-13-18-21/h8-13,15-18H,2-7,14,19H2,1H3;8-13,15-18H,2-7,14,19H2,1H3. The highest BCUT2D eigenvalue weighted by atomic mass is 32.2. The van der Waals surface area contributed by atoms with Gasteiger partial charge in [-0.2, -0.15) is 0 Å². The smallest absolute Gasteiger partial charge is 0.0525 e. The SMILES string of the molecule is CCCCCCCCCN(c1ccccc1)c1ccccc1.CCCCCCCCCSN(c1ccccc1)c1ccccc1. The summed E-state index contributed by atoms with van der Waals surface area (Å²) in [6.45, 7) is 5.65. The molecule has 0 aliphatic carbocycles. The second-order valence-electron chi connectivity index (χ2n) is 11.9. The van der Waals surface area contributed by atoms with Gasteiger partial charge in [-0.25, -0.2) is 0 Å². The molecule has 0 aliphatic rings. The van der Waals surface area contributed by atoms with Crippen molar-refractivity contribution in [3.05, 3.63) is 121 Å². The van der Waals surface area contributed by atoms with Crippen LogP contribution in [0.1, 0.15) is 104 Å². The maximum Gasteiger partial charge on any atom is 0.0525 e. The van der Waals surface area contributed by atoms with Crippen molar-refractivity contribution in [2.45, 2.75) is 104 Å². The summed E-state index contributed by atoms with van der Waals surface area (Å²) >= 11 is 1.93. The number of unbranched alkanes of at least 4 members (excludes halogenated alkanes) is 12. The van der Waals surface area contributed by atoms with Gasteiger partial charge in [-0.1, -0.05) is 164 Å². The minimum Gasteiger partial charge on any atom is -0.341 e. The molecule has 0 aliphatic heterocycles. The summed E-state index contributed by atoms with van der Waals surface area (Å²) in [5, 5.41) is 0. The van der Waals surface area contributed by atoms with Gasteiger partial charge in [-0.05, 0) is 73.3 Å². The maximum absolute atomic E-state index is 2.44. The van der Waals surface area contributed by atoms with Crippen molar-refractivity contribution >= 4 is 34.7 Å². The van der Waals surface area contributed by atoms with Gasteiger partial charge in [-0.15, -0.1) is 0 Å². The van der Waals surface area contributed by atoms with E-state index in [1.54, 1.807) is 0 Å². The second-order valence-corrected chi connectivity index (χ2v) is 12.9. The third-order valence-electron chi connectivity index (χ3n) is 8.07. The van der Waals surface area contributed by atoms with Gasteiger partial charge in [0.2, 0.25) is 0 Å². The first-order valence-corrected chi connectivity index (χ1v) is 18.7. The molecule has 4 rings (SSSR count). The third-order valence-corrected chi connectivity index (χ3v) is 9.22. The summed E-state index contributed by atoms with van der Waals surface area (Å²) < 4.78 is 2.36. The molecule has 0 saturated carbocycles. The van der Waals surface area contributed by atoms with E-state index in [9.17, 15) is 0 Å². The summed E-state index contributed by atoms with van der Waals surface area (Å²) in [6.07, 6.45) is 19.1. The van der Waals surface area contributed by atoms with Gasteiger partial charge in [0.15, 0.2) is 0 Å². The molecule has 4 aromatic carbocycles. The fourth-order valence-electron chi connectivity index (χ4n) is 5.49. The summed E-state index contributed by atoms with van der Waals surface area (Å²) in [5.41, 5.74) is 5.10. The Bertz CT molecular complexity index is 1120. The van der Waals surface area contributed by atoms with Crippen molar-refractivity contribution in [3.8, 4) is 0 Å². The number of benzene rings is 4. The fraction of sp³-hybridized carbons (Fsp3) is 0.429. The Morgan fingerprint density at radius 1 is 0.378 bits per heavy atom. The van der Waals surface area contributed by atoms with Crippen molar-refractivity contribution in [3.63, 3.8) is 0 Å². The molecule has 0 saturated heterocycles. The van der Waals surface area contributed by atoms with Crippen LogP contribution >= 0.6 is 11.9 Å². The van der Waals surface area contributed by atoms with E-state index in [0.29, 0.717) is 0 Å². The average Bonchev–Trinajstić information content (AvgIpc) is 3.11. The molecule has 45 heavy (non-hydrogen) atoms. The quantitative estimate of drug-likeness (QED) is 0.0674. The minimum atomic E-state index is 1.10. The lowest BCUT2D eigenvalue weighted by molar-refractivity contribution is 0.591.